The highest BCUT2D eigenvalue weighted by Gasteiger charge is 2.29. The largest absolute Gasteiger partial charge is 0.488 e. The Morgan fingerprint density at radius 1 is 1.07 bits per heavy atom. The van der Waals surface area contributed by atoms with E-state index in [-0.39, 0.29) is 23.0 Å². The van der Waals surface area contributed by atoms with Crippen LogP contribution in [0.4, 0.5) is 16.3 Å². The molecular weight excluding hydrogens is 566 g/mol. The molecule has 10 nitrogen and oxygen atoms in total. The Morgan fingerprint density at radius 2 is 1.88 bits per heavy atom. The van der Waals surface area contributed by atoms with Crippen molar-refractivity contribution in [3.63, 3.8) is 0 Å². The number of amides is 3. The van der Waals surface area contributed by atoms with Crippen LogP contribution in [0.3, 0.4) is 0 Å². The predicted molar refractivity (Wildman–Crippen MR) is 159 cm³/mol. The van der Waals surface area contributed by atoms with Crippen LogP contribution >= 0.6 is 23.4 Å². The van der Waals surface area contributed by atoms with E-state index in [2.05, 4.69) is 20.6 Å². The molecule has 2 aromatic heterocycles. The fraction of sp³-hybridized carbons (Fsp3) is 0.345. The number of thioether (sulfide) groups is 1. The topological polar surface area (TPSA) is 123 Å². The van der Waals surface area contributed by atoms with Crippen LogP contribution in [0.5, 0.6) is 5.75 Å². The average molecular weight is 598 g/mol. The first kappa shape index (κ1) is 30.1. The van der Waals surface area contributed by atoms with Crippen molar-refractivity contribution in [2.24, 2.45) is 0 Å². The third-order valence-electron chi connectivity index (χ3n) is 6.00. The van der Waals surface area contributed by atoms with Gasteiger partial charge in [-0.1, -0.05) is 11.6 Å². The highest BCUT2D eigenvalue weighted by atomic mass is 35.5. The van der Waals surface area contributed by atoms with E-state index in [9.17, 15) is 14.4 Å². The van der Waals surface area contributed by atoms with Crippen molar-refractivity contribution >= 4 is 52.8 Å². The van der Waals surface area contributed by atoms with E-state index in [4.69, 9.17) is 21.1 Å². The van der Waals surface area contributed by atoms with Gasteiger partial charge in [0.25, 0.3) is 11.8 Å². The Kier molecular flexibility index (Phi) is 9.72. The number of hydrogen-bond donors (Lipinski definition) is 2. The van der Waals surface area contributed by atoms with Crippen molar-refractivity contribution in [3.05, 3.63) is 71.1 Å². The highest BCUT2D eigenvalue weighted by Crippen LogP contribution is 2.29. The van der Waals surface area contributed by atoms with Gasteiger partial charge >= 0.3 is 6.09 Å². The van der Waals surface area contributed by atoms with E-state index in [1.165, 1.54) is 24.2 Å². The smallest absolute Gasteiger partial charge is 0.410 e. The summed E-state index contributed by atoms with van der Waals surface area (Å²) >= 11 is 7.39. The van der Waals surface area contributed by atoms with Crippen LogP contribution in [-0.2, 0) is 4.74 Å². The molecule has 3 aromatic rings. The number of benzene rings is 1. The van der Waals surface area contributed by atoms with Gasteiger partial charge in [0, 0.05) is 23.8 Å². The standard InChI is InChI=1S/C29H32ClN5O5S/c1-29(2,3)40-28(38)35-14-6-7-19(17-35)39-23-15-20(41-4)10-11-21(23)26(36)33-22-8-5-13-31-25(22)27(37)34-24-12-9-18(30)16-32-24/h5,8-13,15-16,19H,6-7,14,17H2,1-4H3,(H,33,36)(H,32,34,37). The summed E-state index contributed by atoms with van der Waals surface area (Å²) in [6.45, 7) is 6.39. The summed E-state index contributed by atoms with van der Waals surface area (Å²) in [7, 11) is 0. The van der Waals surface area contributed by atoms with Gasteiger partial charge in [0.2, 0.25) is 0 Å². The van der Waals surface area contributed by atoms with Crippen LogP contribution in [0, 0.1) is 0 Å². The summed E-state index contributed by atoms with van der Waals surface area (Å²) in [4.78, 5) is 49.9. The van der Waals surface area contributed by atoms with Crippen molar-refractivity contribution in [2.75, 3.05) is 30.0 Å². The number of carbonyl (C=O) groups is 3. The first-order valence-corrected chi connectivity index (χ1v) is 14.6. The van der Waals surface area contributed by atoms with E-state index in [1.54, 1.807) is 41.3 Å². The normalized spacial score (nSPS) is 15.1. The van der Waals surface area contributed by atoms with Gasteiger partial charge < -0.3 is 25.0 Å². The minimum atomic E-state index is -0.601. The molecule has 0 aliphatic carbocycles. The number of carbonyl (C=O) groups excluding carboxylic acids is 3. The molecule has 1 aliphatic rings. The molecule has 3 amide bonds. The number of halogens is 1. The summed E-state index contributed by atoms with van der Waals surface area (Å²) in [5.74, 6) is -0.349. The maximum atomic E-state index is 13.5. The molecule has 1 aromatic carbocycles. The van der Waals surface area contributed by atoms with E-state index in [0.717, 1.165) is 17.7 Å². The van der Waals surface area contributed by atoms with Gasteiger partial charge in [0.05, 0.1) is 22.8 Å². The molecule has 1 saturated heterocycles. The molecule has 1 atom stereocenters. The Morgan fingerprint density at radius 3 is 2.59 bits per heavy atom. The lowest BCUT2D eigenvalue weighted by Crippen LogP contribution is -2.46. The van der Waals surface area contributed by atoms with Gasteiger partial charge in [-0.3, -0.25) is 9.59 Å². The van der Waals surface area contributed by atoms with Crippen LogP contribution < -0.4 is 15.4 Å². The molecule has 0 saturated carbocycles. The zero-order chi connectivity index (χ0) is 29.6. The first-order valence-electron chi connectivity index (χ1n) is 13.0. The number of rotatable bonds is 7. The fourth-order valence-corrected chi connectivity index (χ4v) is 4.66. The van der Waals surface area contributed by atoms with Crippen LogP contribution in [0.1, 0.15) is 54.5 Å². The second kappa shape index (κ2) is 13.2. The van der Waals surface area contributed by atoms with Crippen molar-refractivity contribution in [1.82, 2.24) is 14.9 Å². The van der Waals surface area contributed by atoms with Crippen LogP contribution in [0.2, 0.25) is 5.02 Å². The second-order valence-electron chi connectivity index (χ2n) is 10.3. The molecule has 0 spiro atoms. The molecule has 2 N–H and O–H groups in total. The number of piperidine rings is 1. The third kappa shape index (κ3) is 8.34. The lowest BCUT2D eigenvalue weighted by molar-refractivity contribution is 0.00761. The molecule has 0 bridgehead atoms. The Labute approximate surface area is 248 Å². The molecule has 1 unspecified atom stereocenters. The fourth-order valence-electron chi connectivity index (χ4n) is 4.12. The van der Waals surface area contributed by atoms with E-state index in [0.29, 0.717) is 29.7 Å². The predicted octanol–water partition coefficient (Wildman–Crippen LogP) is 6.13. The molecule has 4 rings (SSSR count). The summed E-state index contributed by atoms with van der Waals surface area (Å²) in [6.07, 6.45) is 5.54. The van der Waals surface area contributed by atoms with Gasteiger partial charge in [0.1, 0.15) is 23.3 Å². The Balaban J connectivity index is 1.51. The van der Waals surface area contributed by atoms with Crippen molar-refractivity contribution in [2.45, 2.75) is 50.2 Å². The zero-order valence-electron chi connectivity index (χ0n) is 23.3. The molecule has 12 heteroatoms. The first-order chi connectivity index (χ1) is 19.5. The van der Waals surface area contributed by atoms with Gasteiger partial charge in [-0.15, -0.1) is 11.8 Å². The number of ether oxygens (including phenoxy) is 2. The SMILES string of the molecule is CSc1ccc(C(=O)Nc2cccnc2C(=O)Nc2ccc(Cl)cn2)c(OC2CCCN(C(=O)OC(C)(C)C)C2)c1. The number of aromatic nitrogens is 2. The monoisotopic (exact) mass is 597 g/mol. The van der Waals surface area contributed by atoms with Crippen molar-refractivity contribution < 1.29 is 23.9 Å². The Bertz CT molecular complexity index is 1410. The lowest BCUT2D eigenvalue weighted by atomic mass is 10.1. The van der Waals surface area contributed by atoms with Crippen molar-refractivity contribution in [3.8, 4) is 5.75 Å². The summed E-state index contributed by atoms with van der Waals surface area (Å²) in [6, 6.07) is 11.7. The number of hydrogen-bond acceptors (Lipinski definition) is 8. The van der Waals surface area contributed by atoms with Gasteiger partial charge in [-0.25, -0.2) is 14.8 Å². The van der Waals surface area contributed by atoms with Gasteiger partial charge in [-0.2, -0.15) is 0 Å². The summed E-state index contributed by atoms with van der Waals surface area (Å²) < 4.78 is 11.9. The third-order valence-corrected chi connectivity index (χ3v) is 6.95. The van der Waals surface area contributed by atoms with E-state index >= 15 is 0 Å². The van der Waals surface area contributed by atoms with Crippen LogP contribution in [0.15, 0.2) is 59.8 Å². The maximum Gasteiger partial charge on any atom is 0.410 e. The minimum Gasteiger partial charge on any atom is -0.488 e. The summed E-state index contributed by atoms with van der Waals surface area (Å²) in [5, 5.41) is 5.88. The van der Waals surface area contributed by atoms with Gasteiger partial charge in [0.15, 0.2) is 5.69 Å². The number of anilines is 2. The maximum absolute atomic E-state index is 13.5. The molecule has 1 aliphatic heterocycles. The molecule has 3 heterocycles. The molecule has 216 valence electrons. The average Bonchev–Trinajstić information content (AvgIpc) is 2.93. The molecule has 41 heavy (non-hydrogen) atoms. The number of likely N-dealkylation sites (tertiary alicyclic amines) is 1. The van der Waals surface area contributed by atoms with Crippen LogP contribution in [0.25, 0.3) is 0 Å². The number of nitrogens with zero attached hydrogens (tertiary/aromatic N) is 3. The van der Waals surface area contributed by atoms with Crippen LogP contribution in [-0.4, -0.2) is 63.8 Å². The number of nitrogens with one attached hydrogen (secondary N) is 2. The van der Waals surface area contributed by atoms with Gasteiger partial charge in [-0.05, 0) is 82.3 Å². The van der Waals surface area contributed by atoms with E-state index < -0.39 is 23.5 Å². The molecule has 0 radical (unpaired) electrons. The second-order valence-corrected chi connectivity index (χ2v) is 11.7. The highest BCUT2D eigenvalue weighted by molar-refractivity contribution is 7.98. The Hall–Kier alpha value is -3.83. The molecular formula is C29H32ClN5O5S. The quantitative estimate of drug-likeness (QED) is 0.312. The minimum absolute atomic E-state index is 0.0149. The van der Waals surface area contributed by atoms with E-state index in [1.807, 2.05) is 33.1 Å². The number of pyridine rings is 2. The summed E-state index contributed by atoms with van der Waals surface area (Å²) in [5.41, 5.74) is -0.0820. The van der Waals surface area contributed by atoms with Crippen molar-refractivity contribution in [1.29, 1.82) is 0 Å². The molecule has 1 fully saturated rings. The zero-order valence-corrected chi connectivity index (χ0v) is 24.8. The lowest BCUT2D eigenvalue weighted by Gasteiger charge is -2.34.